The van der Waals surface area contributed by atoms with E-state index < -0.39 is 0 Å². The lowest BCUT2D eigenvalue weighted by atomic mass is 10.1. The molecule has 2 aliphatic rings. The van der Waals surface area contributed by atoms with Gasteiger partial charge in [-0.3, -0.25) is 14.4 Å². The molecule has 0 saturated carbocycles. The summed E-state index contributed by atoms with van der Waals surface area (Å²) in [6, 6.07) is 5.09. The van der Waals surface area contributed by atoms with Gasteiger partial charge in [0.25, 0.3) is 5.91 Å². The van der Waals surface area contributed by atoms with Crippen molar-refractivity contribution >= 4 is 23.4 Å². The van der Waals surface area contributed by atoms with Gasteiger partial charge in [-0.25, -0.2) is 0 Å². The quantitative estimate of drug-likeness (QED) is 0.851. The molecule has 2 aliphatic heterocycles. The van der Waals surface area contributed by atoms with Crippen molar-refractivity contribution in [3.8, 4) is 0 Å². The molecule has 3 amide bonds. The van der Waals surface area contributed by atoms with Gasteiger partial charge in [-0.1, -0.05) is 6.07 Å². The van der Waals surface area contributed by atoms with Gasteiger partial charge in [0.2, 0.25) is 11.8 Å². The molecule has 1 saturated heterocycles. The molecule has 2 heterocycles. The number of anilines is 1. The Labute approximate surface area is 122 Å². The second kappa shape index (κ2) is 5.55. The molecule has 3 rings (SSSR count). The van der Waals surface area contributed by atoms with Gasteiger partial charge in [0.1, 0.15) is 0 Å². The fourth-order valence-corrected chi connectivity index (χ4v) is 2.69. The minimum Gasteiger partial charge on any atom is -0.343 e. The van der Waals surface area contributed by atoms with Gasteiger partial charge in [0.15, 0.2) is 0 Å². The summed E-state index contributed by atoms with van der Waals surface area (Å²) >= 11 is 0. The average Bonchev–Trinajstić information content (AvgIpc) is 3.11. The number of amides is 3. The number of likely N-dealkylation sites (tertiary alicyclic amines) is 1. The van der Waals surface area contributed by atoms with Gasteiger partial charge in [-0.2, -0.15) is 0 Å². The SMILES string of the molecule is O=C1Cc2ccc(C(=O)NCC(=O)N3CCCC3)cc2N1. The standard InChI is InChI=1S/C15H17N3O3/c19-13-8-10-3-4-11(7-12(10)17-13)15(21)16-9-14(20)18-5-1-2-6-18/h3-4,7H,1-2,5-6,8-9H2,(H,16,21)(H,17,19). The van der Waals surface area contributed by atoms with Crippen LogP contribution in [0.25, 0.3) is 0 Å². The van der Waals surface area contributed by atoms with E-state index in [9.17, 15) is 14.4 Å². The summed E-state index contributed by atoms with van der Waals surface area (Å²) in [7, 11) is 0. The van der Waals surface area contributed by atoms with Gasteiger partial charge in [-0.05, 0) is 30.5 Å². The molecule has 0 unspecified atom stereocenters. The van der Waals surface area contributed by atoms with E-state index in [4.69, 9.17) is 0 Å². The predicted molar refractivity (Wildman–Crippen MR) is 76.9 cm³/mol. The molecule has 0 bridgehead atoms. The molecule has 2 N–H and O–H groups in total. The van der Waals surface area contributed by atoms with Crippen LogP contribution in [0.4, 0.5) is 5.69 Å². The highest BCUT2D eigenvalue weighted by atomic mass is 16.2. The molecule has 1 aromatic rings. The van der Waals surface area contributed by atoms with Crippen LogP contribution in [-0.2, 0) is 16.0 Å². The van der Waals surface area contributed by atoms with E-state index in [1.54, 1.807) is 23.1 Å². The van der Waals surface area contributed by atoms with Crippen LogP contribution in [-0.4, -0.2) is 42.3 Å². The highest BCUT2D eigenvalue weighted by Gasteiger charge is 2.21. The number of hydrogen-bond acceptors (Lipinski definition) is 3. The van der Waals surface area contributed by atoms with Crippen LogP contribution in [0.1, 0.15) is 28.8 Å². The van der Waals surface area contributed by atoms with E-state index >= 15 is 0 Å². The number of nitrogens with zero attached hydrogens (tertiary/aromatic N) is 1. The lowest BCUT2D eigenvalue weighted by molar-refractivity contribution is -0.129. The van der Waals surface area contributed by atoms with Crippen molar-refractivity contribution in [2.45, 2.75) is 19.3 Å². The molecular weight excluding hydrogens is 270 g/mol. The maximum atomic E-state index is 12.1. The minimum atomic E-state index is -0.300. The van der Waals surface area contributed by atoms with Crippen molar-refractivity contribution in [3.05, 3.63) is 29.3 Å². The van der Waals surface area contributed by atoms with Crippen LogP contribution in [0.3, 0.4) is 0 Å². The van der Waals surface area contributed by atoms with Crippen molar-refractivity contribution in [2.24, 2.45) is 0 Å². The normalized spacial score (nSPS) is 16.6. The van der Waals surface area contributed by atoms with Crippen molar-refractivity contribution < 1.29 is 14.4 Å². The third-order valence-electron chi connectivity index (χ3n) is 3.86. The second-order valence-electron chi connectivity index (χ2n) is 5.37. The molecule has 110 valence electrons. The smallest absolute Gasteiger partial charge is 0.251 e. The summed E-state index contributed by atoms with van der Waals surface area (Å²) in [4.78, 5) is 37.0. The van der Waals surface area contributed by atoms with Crippen LogP contribution in [0.2, 0.25) is 0 Å². The Morgan fingerprint density at radius 2 is 2.00 bits per heavy atom. The number of rotatable bonds is 3. The lowest BCUT2D eigenvalue weighted by Gasteiger charge is -2.15. The number of carbonyl (C=O) groups excluding carboxylic acids is 3. The first-order chi connectivity index (χ1) is 10.1. The van der Waals surface area contributed by atoms with Crippen molar-refractivity contribution in [2.75, 3.05) is 25.0 Å². The van der Waals surface area contributed by atoms with Crippen LogP contribution in [0, 0.1) is 0 Å². The Kier molecular flexibility index (Phi) is 3.60. The first-order valence-electron chi connectivity index (χ1n) is 7.12. The number of benzene rings is 1. The first kappa shape index (κ1) is 13.6. The Hall–Kier alpha value is -2.37. The summed E-state index contributed by atoms with van der Waals surface area (Å²) in [6.45, 7) is 1.57. The van der Waals surface area contributed by atoms with Crippen LogP contribution < -0.4 is 10.6 Å². The summed E-state index contributed by atoms with van der Waals surface area (Å²) in [6.07, 6.45) is 2.42. The van der Waals surface area contributed by atoms with E-state index in [1.807, 2.05) is 0 Å². The number of nitrogens with one attached hydrogen (secondary N) is 2. The molecule has 0 spiro atoms. The van der Waals surface area contributed by atoms with E-state index in [1.165, 1.54) is 0 Å². The van der Waals surface area contributed by atoms with Crippen molar-refractivity contribution in [1.82, 2.24) is 10.2 Å². The topological polar surface area (TPSA) is 78.5 Å². The highest BCUT2D eigenvalue weighted by molar-refractivity contribution is 6.02. The number of hydrogen-bond donors (Lipinski definition) is 2. The summed E-state index contributed by atoms with van der Waals surface area (Å²) < 4.78 is 0. The maximum Gasteiger partial charge on any atom is 0.251 e. The van der Waals surface area contributed by atoms with Crippen molar-refractivity contribution in [3.63, 3.8) is 0 Å². The molecule has 1 aromatic carbocycles. The molecular formula is C15H17N3O3. The third kappa shape index (κ3) is 2.89. The molecule has 6 nitrogen and oxygen atoms in total. The van der Waals surface area contributed by atoms with Gasteiger partial charge >= 0.3 is 0 Å². The highest BCUT2D eigenvalue weighted by Crippen LogP contribution is 2.23. The predicted octanol–water partition coefficient (Wildman–Crippen LogP) is 0.533. The fourth-order valence-electron chi connectivity index (χ4n) is 2.69. The molecule has 0 aliphatic carbocycles. The van der Waals surface area contributed by atoms with Gasteiger partial charge in [-0.15, -0.1) is 0 Å². The molecule has 1 fully saturated rings. The van der Waals surface area contributed by atoms with Crippen LogP contribution in [0.15, 0.2) is 18.2 Å². The van der Waals surface area contributed by atoms with Crippen molar-refractivity contribution in [1.29, 1.82) is 0 Å². The number of carbonyl (C=O) groups is 3. The monoisotopic (exact) mass is 287 g/mol. The van der Waals surface area contributed by atoms with E-state index in [-0.39, 0.29) is 24.3 Å². The number of fused-ring (bicyclic) bond motifs is 1. The van der Waals surface area contributed by atoms with Crippen LogP contribution in [0.5, 0.6) is 0 Å². The molecule has 6 heteroatoms. The summed E-state index contributed by atoms with van der Waals surface area (Å²) in [5.41, 5.74) is 2.02. The Balaban J connectivity index is 1.59. The Morgan fingerprint density at radius 3 is 2.76 bits per heavy atom. The van der Waals surface area contributed by atoms with E-state index in [0.717, 1.165) is 31.5 Å². The van der Waals surface area contributed by atoms with Crippen LogP contribution >= 0.6 is 0 Å². The zero-order valence-electron chi connectivity index (χ0n) is 11.6. The first-order valence-corrected chi connectivity index (χ1v) is 7.12. The molecule has 21 heavy (non-hydrogen) atoms. The summed E-state index contributed by atoms with van der Waals surface area (Å²) in [5.74, 6) is -0.409. The zero-order chi connectivity index (χ0) is 14.8. The van der Waals surface area contributed by atoms with E-state index in [0.29, 0.717) is 17.7 Å². The molecule has 0 atom stereocenters. The minimum absolute atomic E-state index is 0.0161. The van der Waals surface area contributed by atoms with E-state index in [2.05, 4.69) is 10.6 Å². The molecule has 0 radical (unpaired) electrons. The maximum absolute atomic E-state index is 12.1. The Morgan fingerprint density at radius 1 is 1.24 bits per heavy atom. The zero-order valence-corrected chi connectivity index (χ0v) is 11.6. The second-order valence-corrected chi connectivity index (χ2v) is 5.37. The Bertz CT molecular complexity index is 606. The fraction of sp³-hybridized carbons (Fsp3) is 0.400. The third-order valence-corrected chi connectivity index (χ3v) is 3.86. The molecule has 0 aromatic heterocycles. The van der Waals surface area contributed by atoms with Gasteiger partial charge < -0.3 is 15.5 Å². The van der Waals surface area contributed by atoms with Gasteiger partial charge in [0.05, 0.1) is 13.0 Å². The lowest BCUT2D eigenvalue weighted by Crippen LogP contribution is -2.38. The average molecular weight is 287 g/mol. The van der Waals surface area contributed by atoms with Gasteiger partial charge in [0, 0.05) is 24.3 Å². The summed E-state index contributed by atoms with van der Waals surface area (Å²) in [5, 5.41) is 5.34. The largest absolute Gasteiger partial charge is 0.343 e.